The zero-order chi connectivity index (χ0) is 29.2. The average Bonchev–Trinajstić information content (AvgIpc) is 3.43. The average molecular weight is 581 g/mol. The second-order valence-electron chi connectivity index (χ2n) is 11.3. The van der Waals surface area contributed by atoms with Crippen LogP contribution in [0.25, 0.3) is 6.08 Å². The second kappa shape index (κ2) is 14.5. The standard InChI is InChI=1S/C32H41ClN4O4/c1-22(2)20-26-30(39)37-32(15-7-8-16-32)31(40)36-27(21-24-11-3-5-13-25(24)33)29(38)35-17-9-12-23-10-4-6-14-28(23)41-19-18-34-26/h3-6,9-14,22,26-27,34H,7-8,15-21H2,1-2H3,(H,35,38)(H,36,40)(H,37,39)/b12-9-/t26-,27-/m0/s1. The summed E-state index contributed by atoms with van der Waals surface area (Å²) in [5, 5.41) is 12.9. The van der Waals surface area contributed by atoms with Crippen LogP contribution in [0.5, 0.6) is 5.75 Å². The third-order valence-electron chi connectivity index (χ3n) is 7.64. The molecule has 4 rings (SSSR count). The maximum Gasteiger partial charge on any atom is 0.246 e. The minimum atomic E-state index is -1.08. The van der Waals surface area contributed by atoms with Gasteiger partial charge in [0.2, 0.25) is 17.7 Å². The molecule has 2 aromatic carbocycles. The molecule has 1 saturated carbocycles. The van der Waals surface area contributed by atoms with Gasteiger partial charge in [-0.25, -0.2) is 0 Å². The molecule has 4 N–H and O–H groups in total. The van der Waals surface area contributed by atoms with Gasteiger partial charge in [-0.2, -0.15) is 0 Å². The summed E-state index contributed by atoms with van der Waals surface area (Å²) in [6.07, 6.45) is 7.25. The minimum absolute atomic E-state index is 0.215. The number of carbonyl (C=O) groups excluding carboxylic acids is 3. The van der Waals surface area contributed by atoms with E-state index in [1.165, 1.54) is 0 Å². The first kappa shape index (κ1) is 30.6. The first-order valence-corrected chi connectivity index (χ1v) is 14.9. The summed E-state index contributed by atoms with van der Waals surface area (Å²) in [5.41, 5.74) is 0.556. The largest absolute Gasteiger partial charge is 0.492 e. The topological polar surface area (TPSA) is 109 Å². The van der Waals surface area contributed by atoms with Crippen molar-refractivity contribution in [1.29, 1.82) is 0 Å². The first-order chi connectivity index (χ1) is 19.8. The molecule has 0 unspecified atom stereocenters. The lowest BCUT2D eigenvalue weighted by molar-refractivity contribution is -0.136. The number of nitrogens with one attached hydrogen (secondary N) is 4. The summed E-state index contributed by atoms with van der Waals surface area (Å²) in [7, 11) is 0. The van der Waals surface area contributed by atoms with E-state index >= 15 is 0 Å². The Kier molecular flexibility index (Phi) is 10.8. The smallest absolute Gasteiger partial charge is 0.246 e. The van der Waals surface area contributed by atoms with Crippen molar-refractivity contribution in [1.82, 2.24) is 21.3 Å². The van der Waals surface area contributed by atoms with Gasteiger partial charge in [-0.15, -0.1) is 0 Å². The second-order valence-corrected chi connectivity index (χ2v) is 11.7. The van der Waals surface area contributed by atoms with Crippen LogP contribution in [0.15, 0.2) is 54.6 Å². The number of fused-ring (bicyclic) bond motifs is 1. The van der Waals surface area contributed by atoms with Crippen molar-refractivity contribution < 1.29 is 19.1 Å². The van der Waals surface area contributed by atoms with Gasteiger partial charge < -0.3 is 26.0 Å². The molecular formula is C32H41ClN4O4. The molecule has 1 aliphatic carbocycles. The van der Waals surface area contributed by atoms with E-state index in [1.54, 1.807) is 6.07 Å². The van der Waals surface area contributed by atoms with Crippen molar-refractivity contribution in [3.63, 3.8) is 0 Å². The van der Waals surface area contributed by atoms with Gasteiger partial charge in [-0.1, -0.05) is 86.8 Å². The number of hydrogen-bond donors (Lipinski definition) is 4. The van der Waals surface area contributed by atoms with Gasteiger partial charge in [0.1, 0.15) is 23.9 Å². The van der Waals surface area contributed by atoms with E-state index in [0.717, 1.165) is 29.7 Å². The Morgan fingerprint density at radius 2 is 1.71 bits per heavy atom. The van der Waals surface area contributed by atoms with Crippen LogP contribution >= 0.6 is 11.6 Å². The van der Waals surface area contributed by atoms with Crippen LogP contribution in [-0.4, -0.2) is 55.0 Å². The van der Waals surface area contributed by atoms with Crippen LogP contribution in [0.2, 0.25) is 5.02 Å². The zero-order valence-corrected chi connectivity index (χ0v) is 24.6. The summed E-state index contributed by atoms with van der Waals surface area (Å²) in [6.45, 7) is 5.24. The van der Waals surface area contributed by atoms with Gasteiger partial charge in [0.15, 0.2) is 0 Å². The summed E-state index contributed by atoms with van der Waals surface area (Å²) in [4.78, 5) is 40.9. The van der Waals surface area contributed by atoms with Crippen LogP contribution in [0.1, 0.15) is 57.1 Å². The lowest BCUT2D eigenvalue weighted by atomic mass is 9.93. The van der Waals surface area contributed by atoms with Crippen LogP contribution in [-0.2, 0) is 20.8 Å². The molecule has 0 bridgehead atoms. The maximum atomic E-state index is 13.9. The number of amides is 3. The van der Waals surface area contributed by atoms with Gasteiger partial charge in [-0.05, 0) is 42.9 Å². The monoisotopic (exact) mass is 580 g/mol. The predicted octanol–water partition coefficient (Wildman–Crippen LogP) is 4.02. The fourth-order valence-electron chi connectivity index (χ4n) is 5.47. The highest BCUT2D eigenvalue weighted by Crippen LogP contribution is 2.31. The molecule has 1 aliphatic heterocycles. The van der Waals surface area contributed by atoms with Crippen molar-refractivity contribution in [2.24, 2.45) is 5.92 Å². The fraction of sp³-hybridized carbons (Fsp3) is 0.469. The normalized spacial score (nSPS) is 23.0. The van der Waals surface area contributed by atoms with Crippen molar-refractivity contribution in [2.75, 3.05) is 19.7 Å². The Morgan fingerprint density at radius 3 is 2.46 bits per heavy atom. The van der Waals surface area contributed by atoms with E-state index in [4.69, 9.17) is 16.3 Å². The molecule has 41 heavy (non-hydrogen) atoms. The number of ether oxygens (including phenoxy) is 1. The molecule has 2 aromatic rings. The summed E-state index contributed by atoms with van der Waals surface area (Å²) < 4.78 is 6.04. The third kappa shape index (κ3) is 8.33. The van der Waals surface area contributed by atoms with Crippen molar-refractivity contribution in [3.8, 4) is 5.75 Å². The summed E-state index contributed by atoms with van der Waals surface area (Å²) in [6, 6.07) is 13.6. The fourth-order valence-corrected chi connectivity index (χ4v) is 5.68. The van der Waals surface area contributed by atoms with E-state index in [-0.39, 0.29) is 36.6 Å². The van der Waals surface area contributed by atoms with Gasteiger partial charge in [0.05, 0.1) is 6.04 Å². The molecule has 3 amide bonds. The molecule has 0 radical (unpaired) electrons. The number of rotatable bonds is 4. The molecule has 9 heteroatoms. The highest BCUT2D eigenvalue weighted by molar-refractivity contribution is 6.31. The van der Waals surface area contributed by atoms with E-state index in [1.807, 2.05) is 54.6 Å². The molecule has 2 aliphatic rings. The van der Waals surface area contributed by atoms with E-state index in [2.05, 4.69) is 35.1 Å². The van der Waals surface area contributed by atoms with Gasteiger partial charge >= 0.3 is 0 Å². The Morgan fingerprint density at radius 1 is 0.976 bits per heavy atom. The Hall–Kier alpha value is -3.36. The van der Waals surface area contributed by atoms with Crippen LogP contribution in [0.4, 0.5) is 0 Å². The molecular weight excluding hydrogens is 540 g/mol. The molecule has 0 aromatic heterocycles. The summed E-state index contributed by atoms with van der Waals surface area (Å²) in [5.74, 6) is 0.101. The molecule has 220 valence electrons. The maximum absolute atomic E-state index is 13.9. The molecule has 2 atom stereocenters. The SMILES string of the molecule is CC(C)C[C@@H]1NCCOc2ccccc2/C=C\CNC(=O)[C@H](Cc2ccccc2Cl)NC(=O)C2(CCCC2)NC1=O. The molecule has 1 fully saturated rings. The van der Waals surface area contributed by atoms with Crippen molar-refractivity contribution in [2.45, 2.75) is 70.0 Å². The third-order valence-corrected chi connectivity index (χ3v) is 8.01. The Bertz CT molecular complexity index is 1240. The lowest BCUT2D eigenvalue weighted by Crippen LogP contribution is -2.63. The van der Waals surface area contributed by atoms with Gasteiger partial charge in [-0.3, -0.25) is 14.4 Å². The first-order valence-electron chi connectivity index (χ1n) is 14.5. The highest BCUT2D eigenvalue weighted by Gasteiger charge is 2.44. The van der Waals surface area contributed by atoms with Gasteiger partial charge in [0.25, 0.3) is 0 Å². The molecule has 8 nitrogen and oxygen atoms in total. The van der Waals surface area contributed by atoms with E-state index < -0.39 is 17.6 Å². The minimum Gasteiger partial charge on any atom is -0.492 e. The van der Waals surface area contributed by atoms with Crippen LogP contribution < -0.4 is 26.0 Å². The highest BCUT2D eigenvalue weighted by atomic mass is 35.5. The van der Waals surface area contributed by atoms with E-state index in [0.29, 0.717) is 37.4 Å². The van der Waals surface area contributed by atoms with Crippen LogP contribution in [0.3, 0.4) is 0 Å². The molecule has 1 spiro atoms. The van der Waals surface area contributed by atoms with Crippen LogP contribution in [0, 0.1) is 5.92 Å². The van der Waals surface area contributed by atoms with Gasteiger partial charge in [0, 0.05) is 30.1 Å². The lowest BCUT2D eigenvalue weighted by Gasteiger charge is -2.33. The number of carbonyl (C=O) groups is 3. The number of halogens is 1. The Balaban J connectivity index is 1.64. The quantitative estimate of drug-likeness (QED) is 0.437. The van der Waals surface area contributed by atoms with Crippen molar-refractivity contribution in [3.05, 3.63) is 70.8 Å². The number of para-hydroxylation sites is 1. The Labute approximate surface area is 247 Å². The summed E-state index contributed by atoms with van der Waals surface area (Å²) >= 11 is 6.42. The number of hydrogen-bond acceptors (Lipinski definition) is 5. The van der Waals surface area contributed by atoms with Crippen molar-refractivity contribution >= 4 is 35.4 Å². The predicted molar refractivity (Wildman–Crippen MR) is 162 cm³/mol. The molecule has 0 saturated heterocycles. The molecule has 1 heterocycles. The number of benzene rings is 2. The van der Waals surface area contributed by atoms with E-state index in [9.17, 15) is 14.4 Å². The zero-order valence-electron chi connectivity index (χ0n) is 23.9.